The van der Waals surface area contributed by atoms with E-state index in [1.807, 2.05) is 26.0 Å². The summed E-state index contributed by atoms with van der Waals surface area (Å²) in [5.41, 5.74) is 7.73. The van der Waals surface area contributed by atoms with Crippen LogP contribution in [0, 0.1) is 0 Å². The molecule has 3 heteroatoms. The maximum atomic E-state index is 5.77. The van der Waals surface area contributed by atoms with Crippen LogP contribution in [0.15, 0.2) is 18.2 Å². The number of hydrogen-bond acceptors (Lipinski definition) is 3. The van der Waals surface area contributed by atoms with Crippen LogP contribution in [0.2, 0.25) is 0 Å². The molecule has 0 spiro atoms. The lowest BCUT2D eigenvalue weighted by Crippen LogP contribution is -2.43. The summed E-state index contributed by atoms with van der Waals surface area (Å²) in [6, 6.07) is 6.44. The summed E-state index contributed by atoms with van der Waals surface area (Å²) in [5, 5.41) is 0. The van der Waals surface area contributed by atoms with Gasteiger partial charge >= 0.3 is 0 Å². The third kappa shape index (κ3) is 3.09. The Labute approximate surface area is 111 Å². The molecule has 1 aliphatic rings. The average Bonchev–Trinajstić information content (AvgIpc) is 2.41. The van der Waals surface area contributed by atoms with Crippen LogP contribution in [-0.2, 0) is 0 Å². The minimum absolute atomic E-state index is 0.496. The van der Waals surface area contributed by atoms with Gasteiger partial charge in [0.25, 0.3) is 0 Å². The van der Waals surface area contributed by atoms with Gasteiger partial charge in [0.2, 0.25) is 0 Å². The maximum Gasteiger partial charge on any atom is 0.144 e. The fourth-order valence-corrected chi connectivity index (χ4v) is 2.24. The van der Waals surface area contributed by atoms with Crippen LogP contribution >= 0.6 is 0 Å². The van der Waals surface area contributed by atoms with Crippen LogP contribution in [0.25, 0.3) is 0 Å². The molecule has 102 valence electrons. The number of rotatable bonds is 3. The van der Waals surface area contributed by atoms with E-state index in [4.69, 9.17) is 10.5 Å². The van der Waals surface area contributed by atoms with Gasteiger partial charge in [0.15, 0.2) is 0 Å². The zero-order valence-corrected chi connectivity index (χ0v) is 12.1. The molecular weight excluding hydrogens is 224 g/mol. The van der Waals surface area contributed by atoms with Gasteiger partial charge in [-0.1, -0.05) is 27.7 Å². The smallest absolute Gasteiger partial charge is 0.144 e. The molecule has 3 nitrogen and oxygen atoms in total. The van der Waals surface area contributed by atoms with Crippen molar-refractivity contribution >= 4 is 11.4 Å². The zero-order chi connectivity index (χ0) is 13.5. The van der Waals surface area contributed by atoms with Crippen LogP contribution in [0.4, 0.5) is 11.4 Å². The topological polar surface area (TPSA) is 38.5 Å². The molecule has 2 N–H and O–H groups in total. The number of anilines is 2. The van der Waals surface area contributed by atoms with Crippen molar-refractivity contribution in [3.8, 4) is 5.75 Å². The standard InChI is InChI=1S/C13H20N2O.C2H6/c1-3-7-15-11(4-2)9-16-13-8-10(14)5-6-12(13)15;1-2/h5-6,8,11H,3-4,7,9,14H2,1-2H3;1-2H3. The van der Waals surface area contributed by atoms with E-state index in [2.05, 4.69) is 24.8 Å². The number of fused-ring (bicyclic) bond motifs is 1. The molecule has 0 saturated carbocycles. The van der Waals surface area contributed by atoms with E-state index in [1.54, 1.807) is 0 Å². The van der Waals surface area contributed by atoms with E-state index >= 15 is 0 Å². The van der Waals surface area contributed by atoms with Crippen molar-refractivity contribution in [2.24, 2.45) is 0 Å². The molecular formula is C15H26N2O. The van der Waals surface area contributed by atoms with Crippen LogP contribution < -0.4 is 15.4 Å². The van der Waals surface area contributed by atoms with Gasteiger partial charge in [-0.3, -0.25) is 0 Å². The summed E-state index contributed by atoms with van der Waals surface area (Å²) in [6.45, 7) is 10.3. The number of ether oxygens (including phenoxy) is 1. The van der Waals surface area contributed by atoms with Crippen molar-refractivity contribution in [2.75, 3.05) is 23.8 Å². The highest BCUT2D eigenvalue weighted by Gasteiger charge is 2.25. The molecule has 1 aromatic carbocycles. The van der Waals surface area contributed by atoms with E-state index in [1.165, 1.54) is 5.69 Å². The summed E-state index contributed by atoms with van der Waals surface area (Å²) < 4.78 is 5.76. The Morgan fingerprint density at radius 2 is 2.06 bits per heavy atom. The molecule has 0 saturated heterocycles. The summed E-state index contributed by atoms with van der Waals surface area (Å²) >= 11 is 0. The lowest BCUT2D eigenvalue weighted by Gasteiger charge is -2.38. The molecule has 1 aromatic rings. The largest absolute Gasteiger partial charge is 0.489 e. The van der Waals surface area contributed by atoms with Gasteiger partial charge in [-0.05, 0) is 25.0 Å². The average molecular weight is 250 g/mol. The predicted molar refractivity (Wildman–Crippen MR) is 79.4 cm³/mol. The molecule has 1 heterocycles. The third-order valence-electron chi connectivity index (χ3n) is 3.10. The first-order valence-electron chi connectivity index (χ1n) is 7.05. The second kappa shape index (κ2) is 7.14. The Balaban J connectivity index is 0.000000771. The molecule has 2 rings (SSSR count). The van der Waals surface area contributed by atoms with Crippen LogP contribution in [0.5, 0.6) is 5.75 Å². The van der Waals surface area contributed by atoms with Gasteiger partial charge in [-0.2, -0.15) is 0 Å². The van der Waals surface area contributed by atoms with Crippen molar-refractivity contribution < 1.29 is 4.74 Å². The van der Waals surface area contributed by atoms with E-state index in [0.717, 1.165) is 37.4 Å². The highest BCUT2D eigenvalue weighted by molar-refractivity contribution is 5.65. The molecule has 0 amide bonds. The van der Waals surface area contributed by atoms with E-state index in [9.17, 15) is 0 Å². The quantitative estimate of drug-likeness (QED) is 0.832. The van der Waals surface area contributed by atoms with Gasteiger partial charge < -0.3 is 15.4 Å². The number of nitrogen functional groups attached to an aromatic ring is 1. The number of nitrogens with two attached hydrogens (primary N) is 1. The summed E-state index contributed by atoms with van der Waals surface area (Å²) in [5.74, 6) is 0.929. The van der Waals surface area contributed by atoms with Crippen molar-refractivity contribution in [3.05, 3.63) is 18.2 Å². The number of benzene rings is 1. The van der Waals surface area contributed by atoms with Gasteiger partial charge in [-0.15, -0.1) is 0 Å². The Kier molecular flexibility index (Phi) is 5.83. The van der Waals surface area contributed by atoms with Crippen molar-refractivity contribution in [1.29, 1.82) is 0 Å². The minimum atomic E-state index is 0.496. The Bertz CT molecular complexity index is 366. The highest BCUT2D eigenvalue weighted by atomic mass is 16.5. The first-order chi connectivity index (χ1) is 8.76. The molecule has 0 fully saturated rings. The van der Waals surface area contributed by atoms with E-state index in [0.29, 0.717) is 6.04 Å². The lowest BCUT2D eigenvalue weighted by molar-refractivity contribution is 0.258. The zero-order valence-electron chi connectivity index (χ0n) is 12.1. The highest BCUT2D eigenvalue weighted by Crippen LogP contribution is 2.36. The van der Waals surface area contributed by atoms with Gasteiger partial charge in [0.1, 0.15) is 12.4 Å². The fourth-order valence-electron chi connectivity index (χ4n) is 2.24. The normalized spacial score (nSPS) is 17.3. The lowest BCUT2D eigenvalue weighted by atomic mass is 10.1. The monoisotopic (exact) mass is 250 g/mol. The Morgan fingerprint density at radius 1 is 1.33 bits per heavy atom. The third-order valence-corrected chi connectivity index (χ3v) is 3.10. The summed E-state index contributed by atoms with van der Waals surface area (Å²) in [6.07, 6.45) is 2.27. The first-order valence-corrected chi connectivity index (χ1v) is 7.05. The predicted octanol–water partition coefficient (Wildman–Crippen LogP) is 3.68. The minimum Gasteiger partial charge on any atom is -0.489 e. The van der Waals surface area contributed by atoms with E-state index < -0.39 is 0 Å². The Hall–Kier alpha value is -1.38. The van der Waals surface area contributed by atoms with Crippen molar-refractivity contribution in [3.63, 3.8) is 0 Å². The fraction of sp³-hybridized carbons (Fsp3) is 0.600. The van der Waals surface area contributed by atoms with Crippen LogP contribution in [-0.4, -0.2) is 19.2 Å². The SMILES string of the molecule is CC.CCCN1c2ccc(N)cc2OCC1CC. The number of hydrogen-bond donors (Lipinski definition) is 1. The molecule has 18 heavy (non-hydrogen) atoms. The molecule has 0 aliphatic carbocycles. The molecule has 1 aliphatic heterocycles. The van der Waals surface area contributed by atoms with Crippen LogP contribution in [0.1, 0.15) is 40.5 Å². The molecule has 1 atom stereocenters. The van der Waals surface area contributed by atoms with Crippen LogP contribution in [0.3, 0.4) is 0 Å². The summed E-state index contributed by atoms with van der Waals surface area (Å²) in [7, 11) is 0. The molecule has 1 unspecified atom stereocenters. The molecule has 0 bridgehead atoms. The van der Waals surface area contributed by atoms with Gasteiger partial charge in [0.05, 0.1) is 11.7 Å². The molecule has 0 radical (unpaired) electrons. The van der Waals surface area contributed by atoms with E-state index in [-0.39, 0.29) is 0 Å². The van der Waals surface area contributed by atoms with Gasteiger partial charge in [0, 0.05) is 18.3 Å². The van der Waals surface area contributed by atoms with Crippen molar-refractivity contribution in [2.45, 2.75) is 46.6 Å². The van der Waals surface area contributed by atoms with Crippen molar-refractivity contribution in [1.82, 2.24) is 0 Å². The second-order valence-corrected chi connectivity index (χ2v) is 4.29. The molecule has 0 aromatic heterocycles. The number of nitrogens with zero attached hydrogens (tertiary/aromatic N) is 1. The second-order valence-electron chi connectivity index (χ2n) is 4.29. The maximum absolute atomic E-state index is 5.77. The first kappa shape index (κ1) is 14.7. The van der Waals surface area contributed by atoms with Gasteiger partial charge in [-0.25, -0.2) is 0 Å². The Morgan fingerprint density at radius 3 is 2.67 bits per heavy atom. The summed E-state index contributed by atoms with van der Waals surface area (Å²) in [4.78, 5) is 2.44.